The summed E-state index contributed by atoms with van der Waals surface area (Å²) in [6.07, 6.45) is 7.23. The first kappa shape index (κ1) is 9.19. The van der Waals surface area contributed by atoms with Crippen LogP contribution in [-0.2, 0) is 9.47 Å². The van der Waals surface area contributed by atoms with Crippen LogP contribution in [0.15, 0.2) is 12.2 Å². The molecule has 74 valence electrons. The van der Waals surface area contributed by atoms with Gasteiger partial charge in [0.1, 0.15) is 0 Å². The van der Waals surface area contributed by atoms with Gasteiger partial charge in [-0.05, 0) is 19.3 Å². The number of aliphatic hydroxyl groups is 1. The first-order chi connectivity index (χ1) is 6.29. The molecule has 2 aliphatic rings. The van der Waals surface area contributed by atoms with Gasteiger partial charge >= 0.3 is 0 Å². The highest BCUT2D eigenvalue weighted by molar-refractivity contribution is 5.07. The molecule has 3 nitrogen and oxygen atoms in total. The molecular weight excluding hydrogens is 168 g/mol. The summed E-state index contributed by atoms with van der Waals surface area (Å²) in [6, 6.07) is 0. The zero-order valence-electron chi connectivity index (χ0n) is 7.74. The van der Waals surface area contributed by atoms with Crippen LogP contribution in [0.1, 0.15) is 25.7 Å². The van der Waals surface area contributed by atoms with Crippen LogP contribution >= 0.6 is 0 Å². The van der Waals surface area contributed by atoms with Crippen LogP contribution in [0, 0.1) is 0 Å². The quantitative estimate of drug-likeness (QED) is 0.670. The van der Waals surface area contributed by atoms with E-state index in [2.05, 4.69) is 0 Å². The molecule has 0 amide bonds. The fourth-order valence-corrected chi connectivity index (χ4v) is 1.87. The summed E-state index contributed by atoms with van der Waals surface area (Å²) < 4.78 is 10.6. The smallest absolute Gasteiger partial charge is 0.157 e. The average Bonchev–Trinajstić information content (AvgIpc) is 2.72. The minimum absolute atomic E-state index is 0.0852. The highest BCUT2D eigenvalue weighted by Gasteiger charge is 2.28. The third-order valence-corrected chi connectivity index (χ3v) is 2.68. The highest BCUT2D eigenvalue weighted by atomic mass is 16.7. The van der Waals surface area contributed by atoms with Crippen LogP contribution in [-0.4, -0.2) is 30.2 Å². The molecule has 0 bridgehead atoms. The summed E-state index contributed by atoms with van der Waals surface area (Å²) in [5.74, 6) is 0. The minimum atomic E-state index is -0.588. The third-order valence-electron chi connectivity index (χ3n) is 2.68. The molecular formula is C10H16O3. The Balaban J connectivity index is 1.74. The molecule has 1 atom stereocenters. The van der Waals surface area contributed by atoms with E-state index in [0.717, 1.165) is 25.7 Å². The molecule has 1 unspecified atom stereocenters. The van der Waals surface area contributed by atoms with Crippen molar-refractivity contribution in [3.05, 3.63) is 12.2 Å². The molecule has 1 N–H and O–H groups in total. The lowest BCUT2D eigenvalue weighted by atomic mass is 9.97. The second-order valence-corrected chi connectivity index (χ2v) is 3.75. The van der Waals surface area contributed by atoms with Gasteiger partial charge in [-0.25, -0.2) is 0 Å². The van der Waals surface area contributed by atoms with Crippen LogP contribution in [0.3, 0.4) is 0 Å². The Morgan fingerprint density at radius 3 is 2.77 bits per heavy atom. The predicted molar refractivity (Wildman–Crippen MR) is 48.2 cm³/mol. The number of hydrogen-bond donors (Lipinski definition) is 1. The summed E-state index contributed by atoms with van der Waals surface area (Å²) in [5.41, 5.74) is -0.588. The van der Waals surface area contributed by atoms with Gasteiger partial charge in [0.2, 0.25) is 0 Å². The Kier molecular flexibility index (Phi) is 2.67. The summed E-state index contributed by atoms with van der Waals surface area (Å²) in [6.45, 7) is 1.39. The van der Waals surface area contributed by atoms with Crippen LogP contribution in [0.5, 0.6) is 0 Å². The largest absolute Gasteiger partial charge is 0.386 e. The summed E-state index contributed by atoms with van der Waals surface area (Å²) in [5, 5.41) is 9.95. The van der Waals surface area contributed by atoms with Crippen molar-refractivity contribution in [1.82, 2.24) is 0 Å². The van der Waals surface area contributed by atoms with Gasteiger partial charge in [0.25, 0.3) is 0 Å². The van der Waals surface area contributed by atoms with Gasteiger partial charge in [0, 0.05) is 6.42 Å². The van der Waals surface area contributed by atoms with Gasteiger partial charge in [-0.15, -0.1) is 0 Å². The number of rotatable bonds is 3. The Morgan fingerprint density at radius 2 is 2.15 bits per heavy atom. The van der Waals surface area contributed by atoms with Gasteiger partial charge in [0.15, 0.2) is 6.29 Å². The molecule has 0 radical (unpaired) electrons. The lowest BCUT2D eigenvalue weighted by Gasteiger charge is -2.21. The zero-order chi connectivity index (χ0) is 9.15. The molecule has 1 heterocycles. The first-order valence-electron chi connectivity index (χ1n) is 4.92. The van der Waals surface area contributed by atoms with Crippen molar-refractivity contribution in [2.75, 3.05) is 13.2 Å². The average molecular weight is 184 g/mol. The predicted octanol–water partition coefficient (Wildman–Crippen LogP) is 1.22. The molecule has 0 saturated carbocycles. The van der Waals surface area contributed by atoms with E-state index in [-0.39, 0.29) is 6.29 Å². The van der Waals surface area contributed by atoms with Gasteiger partial charge < -0.3 is 14.6 Å². The lowest BCUT2D eigenvalue weighted by molar-refractivity contribution is -0.0603. The fourth-order valence-electron chi connectivity index (χ4n) is 1.87. The number of allylic oxidation sites excluding steroid dienone is 1. The lowest BCUT2D eigenvalue weighted by Crippen LogP contribution is -2.25. The standard InChI is InChI=1S/C10H16O3/c11-10(4-1-2-5-10)6-3-9-12-7-8-13-9/h1,4,9,11H,2-3,5-8H2. The maximum absolute atomic E-state index is 9.95. The highest BCUT2D eigenvalue weighted by Crippen LogP contribution is 2.28. The molecule has 2 rings (SSSR count). The summed E-state index contributed by atoms with van der Waals surface area (Å²) in [7, 11) is 0. The van der Waals surface area contributed by atoms with Gasteiger partial charge in [-0.2, -0.15) is 0 Å². The van der Waals surface area contributed by atoms with E-state index in [1.165, 1.54) is 0 Å². The van der Waals surface area contributed by atoms with Gasteiger partial charge in [-0.1, -0.05) is 12.2 Å². The van der Waals surface area contributed by atoms with E-state index in [1.54, 1.807) is 0 Å². The summed E-state index contributed by atoms with van der Waals surface area (Å²) >= 11 is 0. The second-order valence-electron chi connectivity index (χ2n) is 3.75. The maximum Gasteiger partial charge on any atom is 0.157 e. The fraction of sp³-hybridized carbons (Fsp3) is 0.800. The number of ether oxygens (including phenoxy) is 2. The summed E-state index contributed by atoms with van der Waals surface area (Å²) in [4.78, 5) is 0. The molecule has 1 saturated heterocycles. The van der Waals surface area contributed by atoms with Crippen LogP contribution in [0.25, 0.3) is 0 Å². The Morgan fingerprint density at radius 1 is 1.38 bits per heavy atom. The number of hydrogen-bond acceptors (Lipinski definition) is 3. The minimum Gasteiger partial charge on any atom is -0.386 e. The van der Waals surface area contributed by atoms with E-state index in [4.69, 9.17) is 9.47 Å². The molecule has 13 heavy (non-hydrogen) atoms. The van der Waals surface area contributed by atoms with E-state index in [9.17, 15) is 5.11 Å². The Labute approximate surface area is 78.3 Å². The van der Waals surface area contributed by atoms with Crippen molar-refractivity contribution in [1.29, 1.82) is 0 Å². The van der Waals surface area contributed by atoms with Crippen molar-refractivity contribution in [2.45, 2.75) is 37.6 Å². The van der Waals surface area contributed by atoms with Crippen molar-refractivity contribution in [3.8, 4) is 0 Å². The molecule has 0 aromatic rings. The van der Waals surface area contributed by atoms with E-state index < -0.39 is 5.60 Å². The Hall–Kier alpha value is -0.380. The van der Waals surface area contributed by atoms with Crippen molar-refractivity contribution >= 4 is 0 Å². The topological polar surface area (TPSA) is 38.7 Å². The van der Waals surface area contributed by atoms with Crippen molar-refractivity contribution < 1.29 is 14.6 Å². The molecule has 1 aliphatic heterocycles. The van der Waals surface area contributed by atoms with Crippen LogP contribution < -0.4 is 0 Å². The van der Waals surface area contributed by atoms with Gasteiger partial charge in [-0.3, -0.25) is 0 Å². The Bertz CT molecular complexity index is 196. The molecule has 0 spiro atoms. The molecule has 0 aromatic heterocycles. The second kappa shape index (κ2) is 3.78. The third kappa shape index (κ3) is 2.30. The SMILES string of the molecule is OC1(CCC2OCCO2)C=CCC1. The van der Waals surface area contributed by atoms with E-state index in [1.807, 2.05) is 12.2 Å². The molecule has 1 fully saturated rings. The molecule has 1 aliphatic carbocycles. The maximum atomic E-state index is 9.95. The first-order valence-corrected chi connectivity index (χ1v) is 4.92. The van der Waals surface area contributed by atoms with Crippen LogP contribution in [0.4, 0.5) is 0 Å². The van der Waals surface area contributed by atoms with E-state index >= 15 is 0 Å². The zero-order valence-corrected chi connectivity index (χ0v) is 7.74. The van der Waals surface area contributed by atoms with E-state index in [0.29, 0.717) is 13.2 Å². The molecule has 3 heteroatoms. The normalized spacial score (nSPS) is 34.5. The monoisotopic (exact) mass is 184 g/mol. The van der Waals surface area contributed by atoms with Crippen molar-refractivity contribution in [3.63, 3.8) is 0 Å². The van der Waals surface area contributed by atoms with Crippen molar-refractivity contribution in [2.24, 2.45) is 0 Å². The van der Waals surface area contributed by atoms with Crippen LogP contribution in [0.2, 0.25) is 0 Å². The van der Waals surface area contributed by atoms with Gasteiger partial charge in [0.05, 0.1) is 18.8 Å². The molecule has 0 aromatic carbocycles.